The summed E-state index contributed by atoms with van der Waals surface area (Å²) >= 11 is 0. The van der Waals surface area contributed by atoms with Gasteiger partial charge in [-0.1, -0.05) is 0 Å². The molecule has 0 unspecified atom stereocenters. The van der Waals surface area contributed by atoms with E-state index in [2.05, 4.69) is 38.8 Å². The van der Waals surface area contributed by atoms with Gasteiger partial charge in [-0.05, 0) is 40.4 Å². The van der Waals surface area contributed by atoms with Gasteiger partial charge in [0.15, 0.2) is 0 Å². The van der Waals surface area contributed by atoms with E-state index in [0.29, 0.717) is 6.04 Å². The van der Waals surface area contributed by atoms with Crippen molar-refractivity contribution in [1.29, 1.82) is 0 Å². The maximum atomic E-state index is 4.82. The minimum Gasteiger partial charge on any atom is -0.347 e. The smallest absolute Gasteiger partial charge is 0.224 e. The van der Waals surface area contributed by atoms with E-state index in [4.69, 9.17) is 4.98 Å². The fourth-order valence-electron chi connectivity index (χ4n) is 3.48. The van der Waals surface area contributed by atoms with Gasteiger partial charge in [0.2, 0.25) is 5.95 Å². The number of likely N-dealkylation sites (tertiary alicyclic amines) is 1. The normalized spacial score (nSPS) is 17.8. The summed E-state index contributed by atoms with van der Waals surface area (Å²) in [6, 6.07) is 0.333. The molecule has 7 heteroatoms. The lowest BCUT2D eigenvalue weighted by atomic mass is 10.1. The Hall–Kier alpha value is -2.12. The van der Waals surface area contributed by atoms with Gasteiger partial charge in [0.25, 0.3) is 0 Å². The molecule has 1 atom stereocenters. The van der Waals surface area contributed by atoms with Crippen molar-refractivity contribution in [2.24, 2.45) is 0 Å². The Morgan fingerprint density at radius 2 is 1.81 bits per heavy atom. The number of nitrogens with zero attached hydrogens (tertiary/aromatic N) is 7. The fourth-order valence-corrected chi connectivity index (χ4v) is 3.48. The molecule has 1 fully saturated rings. The molecule has 3 rings (SSSR count). The van der Waals surface area contributed by atoms with Gasteiger partial charge in [0, 0.05) is 56.9 Å². The van der Waals surface area contributed by atoms with Gasteiger partial charge in [-0.25, -0.2) is 19.9 Å². The third-order valence-electron chi connectivity index (χ3n) is 4.66. The first-order valence-corrected chi connectivity index (χ1v) is 9.13. The van der Waals surface area contributed by atoms with Gasteiger partial charge >= 0.3 is 0 Å². The van der Waals surface area contributed by atoms with Crippen molar-refractivity contribution in [2.75, 3.05) is 39.6 Å². The third-order valence-corrected chi connectivity index (χ3v) is 4.66. The molecular weight excluding hydrogens is 326 g/mol. The van der Waals surface area contributed by atoms with Crippen LogP contribution in [0.25, 0.3) is 0 Å². The standard InChI is InChI=1S/C19H29N7/c1-14-20-11-16(13-24(2)3)18(23-14)17-7-6-8-26(17)12-15-9-21-19(22-10-15)25(4)5/h9-11,17H,6-8,12-13H2,1-5H3/t17-/m1/s1. The maximum absolute atomic E-state index is 4.82. The summed E-state index contributed by atoms with van der Waals surface area (Å²) in [7, 11) is 8.07. The molecule has 1 aliphatic heterocycles. The Bertz CT molecular complexity index is 727. The molecule has 0 aromatic carbocycles. The van der Waals surface area contributed by atoms with Crippen LogP contribution in [0.15, 0.2) is 18.6 Å². The van der Waals surface area contributed by atoms with Crippen LogP contribution in [0.3, 0.4) is 0 Å². The molecule has 2 aromatic heterocycles. The molecule has 0 spiro atoms. The minimum atomic E-state index is 0.333. The summed E-state index contributed by atoms with van der Waals surface area (Å²) in [4.78, 5) is 24.7. The molecule has 7 nitrogen and oxygen atoms in total. The maximum Gasteiger partial charge on any atom is 0.224 e. The third kappa shape index (κ3) is 4.34. The second-order valence-corrected chi connectivity index (χ2v) is 7.48. The van der Waals surface area contributed by atoms with Crippen molar-refractivity contribution < 1.29 is 0 Å². The molecule has 1 saturated heterocycles. The zero-order valence-electron chi connectivity index (χ0n) is 16.5. The van der Waals surface area contributed by atoms with E-state index >= 15 is 0 Å². The van der Waals surface area contributed by atoms with Gasteiger partial charge < -0.3 is 9.80 Å². The van der Waals surface area contributed by atoms with Crippen molar-refractivity contribution in [3.63, 3.8) is 0 Å². The first-order chi connectivity index (χ1) is 12.4. The van der Waals surface area contributed by atoms with E-state index in [1.165, 1.54) is 17.7 Å². The average molecular weight is 355 g/mol. The number of hydrogen-bond acceptors (Lipinski definition) is 7. The van der Waals surface area contributed by atoms with Gasteiger partial charge in [0.05, 0.1) is 11.7 Å². The van der Waals surface area contributed by atoms with Crippen LogP contribution in [0.4, 0.5) is 5.95 Å². The molecular formula is C19H29N7. The SMILES string of the molecule is Cc1ncc(CN(C)C)c([C@H]2CCCN2Cc2cnc(N(C)C)nc2)n1. The lowest BCUT2D eigenvalue weighted by Gasteiger charge is -2.26. The largest absolute Gasteiger partial charge is 0.347 e. The number of aryl methyl sites for hydroxylation is 1. The topological polar surface area (TPSA) is 61.3 Å². The minimum absolute atomic E-state index is 0.333. The highest BCUT2D eigenvalue weighted by molar-refractivity contribution is 5.27. The van der Waals surface area contributed by atoms with Crippen LogP contribution in [-0.2, 0) is 13.1 Å². The summed E-state index contributed by atoms with van der Waals surface area (Å²) in [5, 5.41) is 0. The Balaban J connectivity index is 1.81. The highest BCUT2D eigenvalue weighted by atomic mass is 15.2. The molecule has 26 heavy (non-hydrogen) atoms. The lowest BCUT2D eigenvalue weighted by Crippen LogP contribution is -2.26. The van der Waals surface area contributed by atoms with Crippen molar-refractivity contribution >= 4 is 5.95 Å². The van der Waals surface area contributed by atoms with Crippen molar-refractivity contribution in [3.05, 3.63) is 41.2 Å². The highest BCUT2D eigenvalue weighted by Gasteiger charge is 2.29. The molecule has 0 saturated carbocycles. The Morgan fingerprint density at radius 1 is 1.08 bits per heavy atom. The molecule has 3 heterocycles. The second kappa shape index (κ2) is 8.05. The van der Waals surface area contributed by atoms with Gasteiger partial charge in [-0.15, -0.1) is 0 Å². The first kappa shape index (κ1) is 18.7. The van der Waals surface area contributed by atoms with Crippen molar-refractivity contribution in [3.8, 4) is 0 Å². The number of aromatic nitrogens is 4. The van der Waals surface area contributed by atoms with Gasteiger partial charge in [-0.3, -0.25) is 4.90 Å². The number of rotatable bonds is 6. The van der Waals surface area contributed by atoms with Crippen LogP contribution in [0.1, 0.15) is 41.5 Å². The summed E-state index contributed by atoms with van der Waals surface area (Å²) in [6.07, 6.45) is 8.18. The zero-order valence-corrected chi connectivity index (χ0v) is 16.5. The zero-order chi connectivity index (χ0) is 18.7. The summed E-state index contributed by atoms with van der Waals surface area (Å²) in [5.41, 5.74) is 3.54. The summed E-state index contributed by atoms with van der Waals surface area (Å²) in [5.74, 6) is 1.58. The molecule has 0 bridgehead atoms. The van der Waals surface area contributed by atoms with E-state index in [-0.39, 0.29) is 0 Å². The molecule has 0 amide bonds. The van der Waals surface area contributed by atoms with Gasteiger partial charge in [0.1, 0.15) is 5.82 Å². The Labute approximate surface area is 156 Å². The summed E-state index contributed by atoms with van der Waals surface area (Å²) < 4.78 is 0. The second-order valence-electron chi connectivity index (χ2n) is 7.48. The lowest BCUT2D eigenvalue weighted by molar-refractivity contribution is 0.240. The van der Waals surface area contributed by atoms with Crippen molar-refractivity contribution in [2.45, 2.75) is 38.9 Å². The predicted octanol–water partition coefficient (Wildman–Crippen LogP) is 2.04. The monoisotopic (exact) mass is 355 g/mol. The van der Waals surface area contributed by atoms with E-state index in [1.807, 2.05) is 44.5 Å². The van der Waals surface area contributed by atoms with Crippen LogP contribution in [0.2, 0.25) is 0 Å². The quantitative estimate of drug-likeness (QED) is 0.786. The van der Waals surface area contributed by atoms with Crippen LogP contribution in [-0.4, -0.2) is 64.5 Å². The Morgan fingerprint density at radius 3 is 2.46 bits per heavy atom. The van der Waals surface area contributed by atoms with Gasteiger partial charge in [-0.2, -0.15) is 0 Å². The molecule has 140 valence electrons. The molecule has 2 aromatic rings. The average Bonchev–Trinajstić information content (AvgIpc) is 3.04. The van der Waals surface area contributed by atoms with Crippen LogP contribution < -0.4 is 4.90 Å². The van der Waals surface area contributed by atoms with E-state index < -0.39 is 0 Å². The number of hydrogen-bond donors (Lipinski definition) is 0. The first-order valence-electron chi connectivity index (χ1n) is 9.13. The van der Waals surface area contributed by atoms with Crippen LogP contribution in [0, 0.1) is 6.92 Å². The molecule has 1 aliphatic rings. The molecule has 0 radical (unpaired) electrons. The number of anilines is 1. The Kier molecular flexibility index (Phi) is 5.78. The fraction of sp³-hybridized carbons (Fsp3) is 0.579. The molecule has 0 N–H and O–H groups in total. The highest BCUT2D eigenvalue weighted by Crippen LogP contribution is 2.34. The van der Waals surface area contributed by atoms with Crippen LogP contribution >= 0.6 is 0 Å². The predicted molar refractivity (Wildman–Crippen MR) is 103 cm³/mol. The van der Waals surface area contributed by atoms with Crippen molar-refractivity contribution in [1.82, 2.24) is 29.7 Å². The van der Waals surface area contributed by atoms with E-state index in [0.717, 1.165) is 43.4 Å². The van der Waals surface area contributed by atoms with E-state index in [9.17, 15) is 0 Å². The van der Waals surface area contributed by atoms with E-state index in [1.54, 1.807) is 0 Å². The van der Waals surface area contributed by atoms with Crippen LogP contribution in [0.5, 0.6) is 0 Å². The molecule has 0 aliphatic carbocycles. The summed E-state index contributed by atoms with van der Waals surface area (Å²) in [6.45, 7) is 4.75.